The molecule has 8 nitrogen and oxygen atoms in total. The first-order chi connectivity index (χ1) is 18.0. The number of hydrogen-bond donors (Lipinski definition) is 1. The number of ether oxygens (including phenoxy) is 2. The van der Waals surface area contributed by atoms with Gasteiger partial charge in [0.15, 0.2) is 0 Å². The van der Waals surface area contributed by atoms with Crippen molar-refractivity contribution in [1.29, 1.82) is 0 Å². The van der Waals surface area contributed by atoms with E-state index in [1.54, 1.807) is 11.3 Å². The van der Waals surface area contributed by atoms with Crippen molar-refractivity contribution in [3.8, 4) is 0 Å². The Balaban J connectivity index is 1.50. The van der Waals surface area contributed by atoms with Crippen LogP contribution < -0.4 is 5.32 Å². The summed E-state index contributed by atoms with van der Waals surface area (Å²) in [6, 6.07) is 7.99. The fraction of sp³-hybridized carbons (Fsp3) is 0.483. The molecule has 9 heteroatoms. The number of carbonyl (C=O) groups excluding carboxylic acids is 2. The van der Waals surface area contributed by atoms with Crippen molar-refractivity contribution in [2.24, 2.45) is 0 Å². The molecule has 1 fully saturated rings. The van der Waals surface area contributed by atoms with E-state index in [2.05, 4.69) is 18.3 Å². The number of benzene rings is 1. The van der Waals surface area contributed by atoms with Gasteiger partial charge in [-0.2, -0.15) is 0 Å². The van der Waals surface area contributed by atoms with Gasteiger partial charge in [-0.1, -0.05) is 11.6 Å². The second-order valence-electron chi connectivity index (χ2n) is 11.0. The third kappa shape index (κ3) is 5.22. The molecule has 1 N–H and O–H groups in total. The fourth-order valence-corrected chi connectivity index (χ4v) is 6.23. The largest absolute Gasteiger partial charge is 0.464 e. The highest BCUT2D eigenvalue weighted by Gasteiger charge is 2.46. The number of aromatic nitrogens is 1. The first-order valence-electron chi connectivity index (χ1n) is 13.0. The van der Waals surface area contributed by atoms with Crippen LogP contribution in [0.25, 0.3) is 0 Å². The molecule has 2 unspecified atom stereocenters. The summed E-state index contributed by atoms with van der Waals surface area (Å²) in [5.74, 6) is 1.25. The minimum atomic E-state index is -0.577. The predicted molar refractivity (Wildman–Crippen MR) is 145 cm³/mol. The summed E-state index contributed by atoms with van der Waals surface area (Å²) in [5, 5.41) is 3.78. The van der Waals surface area contributed by atoms with Crippen LogP contribution in [0.2, 0.25) is 0 Å². The van der Waals surface area contributed by atoms with Gasteiger partial charge in [-0.3, -0.25) is 4.79 Å². The van der Waals surface area contributed by atoms with Gasteiger partial charge in [0.1, 0.15) is 17.1 Å². The summed E-state index contributed by atoms with van der Waals surface area (Å²) >= 11 is 1.68. The minimum absolute atomic E-state index is 0.0103. The van der Waals surface area contributed by atoms with E-state index >= 15 is 0 Å². The van der Waals surface area contributed by atoms with Crippen LogP contribution >= 0.6 is 11.3 Å². The Morgan fingerprint density at radius 3 is 2.53 bits per heavy atom. The number of thiazole rings is 1. The number of nitrogens with one attached hydrogen (secondary N) is 1. The van der Waals surface area contributed by atoms with Gasteiger partial charge in [-0.05, 0) is 70.9 Å². The molecule has 38 heavy (non-hydrogen) atoms. The molecule has 1 aliphatic heterocycles. The minimum Gasteiger partial charge on any atom is -0.464 e. The highest BCUT2D eigenvalue weighted by Crippen LogP contribution is 2.56. The molecule has 2 aliphatic rings. The molecule has 1 aliphatic carbocycles. The number of fused-ring (bicyclic) bond motifs is 1. The molecule has 0 spiro atoms. The molecule has 3 aromatic rings. The summed E-state index contributed by atoms with van der Waals surface area (Å²) < 4.78 is 17.1. The maximum atomic E-state index is 13.7. The number of nitrogens with zero attached hydrogens (tertiary/aromatic N) is 2. The number of amides is 2. The lowest BCUT2D eigenvalue weighted by molar-refractivity contribution is 0.0301. The Labute approximate surface area is 227 Å². The first-order valence-corrected chi connectivity index (χ1v) is 13.8. The second kappa shape index (κ2) is 10.2. The molecule has 5 rings (SSSR count). The quantitative estimate of drug-likeness (QED) is 0.466. The maximum absolute atomic E-state index is 13.7. The van der Waals surface area contributed by atoms with Gasteiger partial charge < -0.3 is 24.1 Å². The lowest BCUT2D eigenvalue weighted by atomic mass is 9.63. The average molecular weight is 538 g/mol. The summed E-state index contributed by atoms with van der Waals surface area (Å²) in [4.78, 5) is 33.8. The molecule has 0 radical (unpaired) electrons. The fourth-order valence-electron chi connectivity index (χ4n) is 5.37. The van der Waals surface area contributed by atoms with Crippen molar-refractivity contribution in [2.45, 2.75) is 65.5 Å². The normalized spacial score (nSPS) is 19.1. The standard InChI is InChI=1S/C29H35N3O5S/c1-16-13-20-23(21(14-16)27(33)32-9-11-35-12-10-32)25(24(20)26-17(2)38-18(3)31-26)22-8-7-19(36-22)15-30-28(34)37-29(4,5)6/h7-8,13-14,24-25H,9-12,15H2,1-6H3,(H,30,34). The molecule has 0 bridgehead atoms. The van der Waals surface area contributed by atoms with Gasteiger partial charge in [-0.25, -0.2) is 9.78 Å². The van der Waals surface area contributed by atoms with E-state index in [0.717, 1.165) is 38.7 Å². The van der Waals surface area contributed by atoms with Crippen LogP contribution in [0.1, 0.15) is 86.8 Å². The Morgan fingerprint density at radius 1 is 1.13 bits per heavy atom. The first kappa shape index (κ1) is 26.4. The Morgan fingerprint density at radius 2 is 1.87 bits per heavy atom. The summed E-state index contributed by atoms with van der Waals surface area (Å²) in [7, 11) is 0. The van der Waals surface area contributed by atoms with Crippen LogP contribution in [0.15, 0.2) is 28.7 Å². The van der Waals surface area contributed by atoms with Crippen LogP contribution in [0.4, 0.5) is 4.79 Å². The molecule has 2 amide bonds. The van der Waals surface area contributed by atoms with Crippen LogP contribution in [0.5, 0.6) is 0 Å². The summed E-state index contributed by atoms with van der Waals surface area (Å²) in [5.41, 5.74) is 4.36. The molecule has 2 atom stereocenters. The van der Waals surface area contributed by atoms with Crippen LogP contribution in [0, 0.1) is 20.8 Å². The topological polar surface area (TPSA) is 93.9 Å². The molecular formula is C29H35N3O5S. The second-order valence-corrected chi connectivity index (χ2v) is 12.4. The number of rotatable bonds is 5. The number of alkyl carbamates (subject to hydrolysis) is 1. The average Bonchev–Trinajstić information content (AvgIpc) is 3.43. The van der Waals surface area contributed by atoms with E-state index < -0.39 is 11.7 Å². The van der Waals surface area contributed by atoms with Crippen molar-refractivity contribution in [1.82, 2.24) is 15.2 Å². The van der Waals surface area contributed by atoms with Gasteiger partial charge in [-0.15, -0.1) is 11.3 Å². The molecule has 1 saturated heterocycles. The van der Waals surface area contributed by atoms with Crippen molar-refractivity contribution in [3.05, 3.63) is 73.6 Å². The number of morpholine rings is 1. The number of aryl methyl sites for hydroxylation is 3. The number of furan rings is 1. The molecule has 0 saturated carbocycles. The smallest absolute Gasteiger partial charge is 0.408 e. The monoisotopic (exact) mass is 537 g/mol. The lowest BCUT2D eigenvalue weighted by Crippen LogP contribution is -2.42. The van der Waals surface area contributed by atoms with Gasteiger partial charge in [0.2, 0.25) is 0 Å². The Bertz CT molecular complexity index is 1360. The molecular weight excluding hydrogens is 502 g/mol. The van der Waals surface area contributed by atoms with E-state index in [4.69, 9.17) is 18.9 Å². The molecule has 3 heterocycles. The van der Waals surface area contributed by atoms with E-state index in [0.29, 0.717) is 32.1 Å². The van der Waals surface area contributed by atoms with Crippen molar-refractivity contribution in [3.63, 3.8) is 0 Å². The highest BCUT2D eigenvalue weighted by atomic mass is 32.1. The van der Waals surface area contributed by atoms with E-state index in [1.165, 1.54) is 4.88 Å². The van der Waals surface area contributed by atoms with Crippen LogP contribution in [-0.2, 0) is 16.0 Å². The highest BCUT2D eigenvalue weighted by molar-refractivity contribution is 7.11. The third-order valence-electron chi connectivity index (χ3n) is 6.89. The van der Waals surface area contributed by atoms with Gasteiger partial charge in [0.25, 0.3) is 5.91 Å². The summed E-state index contributed by atoms with van der Waals surface area (Å²) in [6.45, 7) is 14.1. The lowest BCUT2D eigenvalue weighted by Gasteiger charge is -2.41. The predicted octanol–water partition coefficient (Wildman–Crippen LogP) is 5.44. The van der Waals surface area contributed by atoms with Gasteiger partial charge in [0.05, 0.1) is 36.4 Å². The summed E-state index contributed by atoms with van der Waals surface area (Å²) in [6.07, 6.45) is -0.496. The zero-order chi connectivity index (χ0) is 27.2. The van der Waals surface area contributed by atoms with E-state index in [-0.39, 0.29) is 24.3 Å². The van der Waals surface area contributed by atoms with Crippen molar-refractivity contribution in [2.75, 3.05) is 26.3 Å². The zero-order valence-electron chi connectivity index (χ0n) is 22.8. The SMILES string of the molecule is Cc1cc(C(=O)N2CCOCC2)c2c(c1)C(c1nc(C)sc1C)C2c1ccc(CNC(=O)OC(C)(C)C)o1. The maximum Gasteiger partial charge on any atom is 0.408 e. The Hall–Kier alpha value is -3.17. The van der Waals surface area contributed by atoms with E-state index in [9.17, 15) is 9.59 Å². The zero-order valence-corrected chi connectivity index (χ0v) is 23.7. The molecule has 202 valence electrons. The molecule has 1 aromatic carbocycles. The third-order valence-corrected chi connectivity index (χ3v) is 7.80. The molecule has 2 aromatic heterocycles. The van der Waals surface area contributed by atoms with Gasteiger partial charge in [0, 0.05) is 29.4 Å². The van der Waals surface area contributed by atoms with Crippen LogP contribution in [0.3, 0.4) is 0 Å². The Kier molecular flexibility index (Phi) is 7.09. The van der Waals surface area contributed by atoms with Crippen LogP contribution in [-0.4, -0.2) is 53.8 Å². The number of carbonyl (C=O) groups is 2. The van der Waals surface area contributed by atoms with Crippen molar-refractivity contribution >= 4 is 23.3 Å². The van der Waals surface area contributed by atoms with Gasteiger partial charge >= 0.3 is 6.09 Å². The van der Waals surface area contributed by atoms with Crippen molar-refractivity contribution < 1.29 is 23.5 Å². The van der Waals surface area contributed by atoms with E-state index in [1.807, 2.05) is 57.7 Å². The number of hydrogen-bond acceptors (Lipinski definition) is 7.